The van der Waals surface area contributed by atoms with Gasteiger partial charge in [0.05, 0.1) is 12.1 Å². The van der Waals surface area contributed by atoms with Gasteiger partial charge in [-0.25, -0.2) is 4.98 Å². The van der Waals surface area contributed by atoms with Crippen LogP contribution in [0.25, 0.3) is 0 Å². The van der Waals surface area contributed by atoms with Gasteiger partial charge in [-0.3, -0.25) is 4.79 Å². The van der Waals surface area contributed by atoms with Gasteiger partial charge in [-0.2, -0.15) is 0 Å². The van der Waals surface area contributed by atoms with Crippen LogP contribution < -0.4 is 5.32 Å². The summed E-state index contributed by atoms with van der Waals surface area (Å²) in [6, 6.07) is 3.53. The predicted octanol–water partition coefficient (Wildman–Crippen LogP) is 2.15. The lowest BCUT2D eigenvalue weighted by atomic mass is 10.2. The maximum atomic E-state index is 12.1. The van der Waals surface area contributed by atoms with Crippen molar-refractivity contribution in [3.8, 4) is 0 Å². The molecule has 2 heterocycles. The molecule has 0 saturated carbocycles. The van der Waals surface area contributed by atoms with Crippen molar-refractivity contribution < 1.29 is 4.79 Å². The van der Waals surface area contributed by atoms with Gasteiger partial charge in [-0.15, -0.1) is 22.0 Å². The van der Waals surface area contributed by atoms with Crippen LogP contribution in [0.1, 0.15) is 27.3 Å². The smallest absolute Gasteiger partial charge is 0.254 e. The Balaban J connectivity index is 2.01. The van der Waals surface area contributed by atoms with Crippen LogP contribution in [0.5, 0.6) is 0 Å². The molecule has 7 heteroatoms. The number of thioether (sulfide) groups is 1. The number of aromatic nitrogens is 3. The lowest BCUT2D eigenvalue weighted by molar-refractivity contribution is 0.0947. The molecule has 0 aliphatic carbocycles. The van der Waals surface area contributed by atoms with E-state index in [1.165, 1.54) is 23.1 Å². The van der Waals surface area contributed by atoms with Crippen molar-refractivity contribution in [3.05, 3.63) is 33.9 Å². The zero-order chi connectivity index (χ0) is 13.7. The Bertz CT molecular complexity index is 570. The number of aryl methyl sites for hydroxylation is 1. The minimum atomic E-state index is -0.134. The summed E-state index contributed by atoms with van der Waals surface area (Å²) in [5.74, 6) is -0.134. The molecule has 0 aliphatic heterocycles. The number of hydrogen-bond acceptors (Lipinski definition) is 6. The summed E-state index contributed by atoms with van der Waals surface area (Å²) in [4.78, 5) is 16.2. The van der Waals surface area contributed by atoms with Crippen molar-refractivity contribution in [1.82, 2.24) is 20.5 Å². The lowest BCUT2D eigenvalue weighted by Gasteiger charge is -2.05. The van der Waals surface area contributed by atoms with E-state index < -0.39 is 0 Å². The van der Waals surface area contributed by atoms with Gasteiger partial charge < -0.3 is 5.32 Å². The van der Waals surface area contributed by atoms with E-state index in [1.54, 1.807) is 18.3 Å². The first-order valence-corrected chi connectivity index (χ1v) is 7.87. The first kappa shape index (κ1) is 14.0. The van der Waals surface area contributed by atoms with Crippen molar-refractivity contribution in [2.75, 3.05) is 6.26 Å². The number of hydrogen-bond donors (Lipinski definition) is 1. The first-order chi connectivity index (χ1) is 9.24. The molecule has 0 saturated heterocycles. The van der Waals surface area contributed by atoms with Crippen LogP contribution >= 0.6 is 23.1 Å². The highest BCUT2D eigenvalue weighted by atomic mass is 32.2. The molecule has 0 unspecified atom stereocenters. The maximum Gasteiger partial charge on any atom is 0.254 e. The summed E-state index contributed by atoms with van der Waals surface area (Å²) >= 11 is 2.98. The fourth-order valence-corrected chi connectivity index (χ4v) is 2.75. The van der Waals surface area contributed by atoms with Crippen LogP contribution in [0, 0.1) is 0 Å². The number of carbonyl (C=O) groups excluding carboxylic acids is 1. The monoisotopic (exact) mass is 294 g/mol. The fraction of sp³-hybridized carbons (Fsp3) is 0.333. The van der Waals surface area contributed by atoms with E-state index in [2.05, 4.69) is 20.5 Å². The average molecular weight is 294 g/mol. The van der Waals surface area contributed by atoms with E-state index in [-0.39, 0.29) is 5.91 Å². The Morgan fingerprint density at radius 3 is 2.89 bits per heavy atom. The summed E-state index contributed by atoms with van der Waals surface area (Å²) in [6.45, 7) is 2.43. The zero-order valence-corrected chi connectivity index (χ0v) is 12.3. The van der Waals surface area contributed by atoms with Gasteiger partial charge >= 0.3 is 0 Å². The molecule has 5 nitrogen and oxygen atoms in total. The van der Waals surface area contributed by atoms with Crippen LogP contribution in [-0.4, -0.2) is 27.3 Å². The molecule has 0 bridgehead atoms. The molecule has 1 amide bonds. The Morgan fingerprint density at radius 2 is 2.21 bits per heavy atom. The van der Waals surface area contributed by atoms with Crippen molar-refractivity contribution in [3.63, 3.8) is 0 Å². The fourth-order valence-electron chi connectivity index (χ4n) is 1.48. The SMILES string of the molecule is CCc1nnc(CNC(=O)c2cccnc2SC)s1. The molecule has 0 spiro atoms. The number of nitrogens with zero attached hydrogens (tertiary/aromatic N) is 3. The molecule has 0 aliphatic rings. The van der Waals surface area contributed by atoms with E-state index >= 15 is 0 Å². The molecule has 0 fully saturated rings. The summed E-state index contributed by atoms with van der Waals surface area (Å²) in [5, 5.41) is 13.4. The maximum absolute atomic E-state index is 12.1. The van der Waals surface area contributed by atoms with Crippen LogP contribution in [0.4, 0.5) is 0 Å². The first-order valence-electron chi connectivity index (χ1n) is 5.83. The van der Waals surface area contributed by atoms with Gasteiger partial charge in [-0.1, -0.05) is 18.3 Å². The summed E-state index contributed by atoms with van der Waals surface area (Å²) < 4.78 is 0. The van der Waals surface area contributed by atoms with E-state index in [0.29, 0.717) is 12.1 Å². The van der Waals surface area contributed by atoms with Crippen LogP contribution in [0.2, 0.25) is 0 Å². The number of amides is 1. The van der Waals surface area contributed by atoms with Crippen molar-refractivity contribution in [1.29, 1.82) is 0 Å². The van der Waals surface area contributed by atoms with Crippen molar-refractivity contribution >= 4 is 29.0 Å². The van der Waals surface area contributed by atoms with Crippen LogP contribution in [0.3, 0.4) is 0 Å². The molecular weight excluding hydrogens is 280 g/mol. The van der Waals surface area contributed by atoms with E-state index in [9.17, 15) is 4.79 Å². The van der Waals surface area contributed by atoms with Gasteiger partial charge in [-0.05, 0) is 24.8 Å². The largest absolute Gasteiger partial charge is 0.345 e. The molecule has 100 valence electrons. The number of nitrogens with one attached hydrogen (secondary N) is 1. The summed E-state index contributed by atoms with van der Waals surface area (Å²) in [5.41, 5.74) is 0.593. The quantitative estimate of drug-likeness (QED) is 0.856. The average Bonchev–Trinajstić information content (AvgIpc) is 2.92. The van der Waals surface area contributed by atoms with E-state index in [1.807, 2.05) is 13.2 Å². The molecule has 0 atom stereocenters. The number of carbonyl (C=O) groups is 1. The minimum absolute atomic E-state index is 0.134. The van der Waals surface area contributed by atoms with Crippen LogP contribution in [0.15, 0.2) is 23.4 Å². The standard InChI is InChI=1S/C12H14N4OS2/c1-3-9-15-16-10(19-9)7-14-11(17)8-5-4-6-13-12(8)18-2/h4-6H,3,7H2,1-2H3,(H,14,17). The second kappa shape index (κ2) is 6.63. The van der Waals surface area contributed by atoms with E-state index in [0.717, 1.165) is 21.5 Å². The lowest BCUT2D eigenvalue weighted by Crippen LogP contribution is -2.23. The summed E-state index contributed by atoms with van der Waals surface area (Å²) in [7, 11) is 0. The zero-order valence-electron chi connectivity index (χ0n) is 10.7. The molecule has 2 rings (SSSR count). The highest BCUT2D eigenvalue weighted by molar-refractivity contribution is 7.98. The third-order valence-electron chi connectivity index (χ3n) is 2.42. The van der Waals surface area contributed by atoms with Gasteiger partial charge in [0, 0.05) is 6.20 Å². The second-order valence-corrected chi connectivity index (χ2v) is 5.63. The molecule has 2 aromatic rings. The molecule has 0 aromatic carbocycles. The van der Waals surface area contributed by atoms with Crippen molar-refractivity contribution in [2.24, 2.45) is 0 Å². The Kier molecular flexibility index (Phi) is 4.86. The minimum Gasteiger partial charge on any atom is -0.345 e. The number of rotatable bonds is 5. The molecular formula is C12H14N4OS2. The van der Waals surface area contributed by atoms with Crippen molar-refractivity contribution in [2.45, 2.75) is 24.9 Å². The molecule has 2 aromatic heterocycles. The normalized spacial score (nSPS) is 10.4. The molecule has 0 radical (unpaired) electrons. The number of pyridine rings is 1. The topological polar surface area (TPSA) is 67.8 Å². The highest BCUT2D eigenvalue weighted by Crippen LogP contribution is 2.17. The van der Waals surface area contributed by atoms with Gasteiger partial charge in [0.2, 0.25) is 0 Å². The third kappa shape index (κ3) is 3.51. The van der Waals surface area contributed by atoms with E-state index in [4.69, 9.17) is 0 Å². The molecule has 1 N–H and O–H groups in total. The highest BCUT2D eigenvalue weighted by Gasteiger charge is 2.12. The third-order valence-corrected chi connectivity index (χ3v) is 4.20. The van der Waals surface area contributed by atoms with Gasteiger partial charge in [0.25, 0.3) is 5.91 Å². The van der Waals surface area contributed by atoms with Gasteiger partial charge in [0.15, 0.2) is 0 Å². The Labute approximate surface area is 119 Å². The van der Waals surface area contributed by atoms with Gasteiger partial charge in [0.1, 0.15) is 15.0 Å². The second-order valence-electron chi connectivity index (χ2n) is 3.69. The predicted molar refractivity (Wildman–Crippen MR) is 76.5 cm³/mol. The summed E-state index contributed by atoms with van der Waals surface area (Å²) in [6.07, 6.45) is 4.45. The molecule has 19 heavy (non-hydrogen) atoms. The Morgan fingerprint density at radius 1 is 1.42 bits per heavy atom. The van der Waals surface area contributed by atoms with Crippen LogP contribution in [-0.2, 0) is 13.0 Å². The Hall–Kier alpha value is -1.47.